The van der Waals surface area contributed by atoms with Gasteiger partial charge in [-0.3, -0.25) is 9.89 Å². The van der Waals surface area contributed by atoms with E-state index in [1.807, 2.05) is 19.1 Å². The van der Waals surface area contributed by atoms with Crippen molar-refractivity contribution in [3.05, 3.63) is 46.8 Å². The quantitative estimate of drug-likeness (QED) is 0.882. The van der Waals surface area contributed by atoms with Gasteiger partial charge in [-0.2, -0.15) is 10.4 Å². The summed E-state index contributed by atoms with van der Waals surface area (Å²) in [5.74, 6) is -0.184. The van der Waals surface area contributed by atoms with Crippen molar-refractivity contribution in [3.8, 4) is 6.07 Å². The van der Waals surface area contributed by atoms with Crippen molar-refractivity contribution in [2.45, 2.75) is 20.3 Å². The van der Waals surface area contributed by atoms with Crippen LogP contribution in [0.5, 0.6) is 0 Å². The van der Waals surface area contributed by atoms with Crippen LogP contribution in [0.3, 0.4) is 0 Å². The van der Waals surface area contributed by atoms with Gasteiger partial charge in [0.05, 0.1) is 23.7 Å². The summed E-state index contributed by atoms with van der Waals surface area (Å²) in [5.41, 5.74) is 3.62. The van der Waals surface area contributed by atoms with Crippen molar-refractivity contribution in [3.63, 3.8) is 0 Å². The zero-order chi connectivity index (χ0) is 13.8. The maximum atomic E-state index is 12.1. The minimum atomic E-state index is -0.184. The van der Waals surface area contributed by atoms with Gasteiger partial charge in [0.15, 0.2) is 0 Å². The number of hydrogen-bond donors (Lipinski definition) is 2. The Morgan fingerprint density at radius 3 is 2.58 bits per heavy atom. The van der Waals surface area contributed by atoms with Gasteiger partial charge in [0.1, 0.15) is 0 Å². The Morgan fingerprint density at radius 1 is 1.37 bits per heavy atom. The van der Waals surface area contributed by atoms with Crippen molar-refractivity contribution in [1.29, 1.82) is 5.26 Å². The second kappa shape index (κ2) is 5.36. The van der Waals surface area contributed by atoms with Gasteiger partial charge in [-0.1, -0.05) is 12.1 Å². The molecule has 0 bridgehead atoms. The molecule has 0 aliphatic carbocycles. The van der Waals surface area contributed by atoms with E-state index in [-0.39, 0.29) is 5.91 Å². The molecular weight excluding hydrogens is 240 g/mol. The van der Waals surface area contributed by atoms with Crippen LogP contribution in [-0.2, 0) is 6.42 Å². The lowest BCUT2D eigenvalue weighted by atomic mass is 10.1. The Hall–Kier alpha value is -2.61. The van der Waals surface area contributed by atoms with Crippen LogP contribution in [-0.4, -0.2) is 16.1 Å². The van der Waals surface area contributed by atoms with Crippen LogP contribution in [0.15, 0.2) is 24.3 Å². The first-order valence-corrected chi connectivity index (χ1v) is 5.90. The normalized spacial score (nSPS) is 9.95. The van der Waals surface area contributed by atoms with Crippen LogP contribution < -0.4 is 5.32 Å². The van der Waals surface area contributed by atoms with Crippen LogP contribution in [0.25, 0.3) is 0 Å². The molecule has 0 spiro atoms. The molecule has 1 aromatic heterocycles. The number of carbonyl (C=O) groups excluding carboxylic acids is 1. The Balaban J connectivity index is 2.13. The fraction of sp³-hybridized carbons (Fsp3) is 0.214. The summed E-state index contributed by atoms with van der Waals surface area (Å²) in [6.45, 7) is 3.60. The first-order chi connectivity index (χ1) is 9.11. The summed E-state index contributed by atoms with van der Waals surface area (Å²) in [7, 11) is 0. The lowest BCUT2D eigenvalue weighted by molar-refractivity contribution is 0.102. The molecule has 0 fully saturated rings. The molecule has 0 unspecified atom stereocenters. The van der Waals surface area contributed by atoms with Gasteiger partial charge in [-0.25, -0.2) is 0 Å². The number of nitrogens with zero attached hydrogens (tertiary/aromatic N) is 2. The topological polar surface area (TPSA) is 81.6 Å². The summed E-state index contributed by atoms with van der Waals surface area (Å²) in [6.07, 6.45) is 0.369. The van der Waals surface area contributed by atoms with Crippen molar-refractivity contribution in [1.82, 2.24) is 10.2 Å². The highest BCUT2D eigenvalue weighted by Crippen LogP contribution is 2.14. The fourth-order valence-corrected chi connectivity index (χ4v) is 1.88. The number of aromatic nitrogens is 2. The summed E-state index contributed by atoms with van der Waals surface area (Å²) in [6, 6.07) is 9.31. The monoisotopic (exact) mass is 254 g/mol. The van der Waals surface area contributed by atoms with E-state index in [9.17, 15) is 4.79 Å². The summed E-state index contributed by atoms with van der Waals surface area (Å²) >= 11 is 0. The number of carbonyl (C=O) groups is 1. The molecule has 0 atom stereocenters. The zero-order valence-corrected chi connectivity index (χ0v) is 10.8. The Labute approximate surface area is 111 Å². The first kappa shape index (κ1) is 12.8. The number of benzene rings is 1. The molecule has 2 rings (SSSR count). The van der Waals surface area contributed by atoms with E-state index < -0.39 is 0 Å². The van der Waals surface area contributed by atoms with Gasteiger partial charge in [0.25, 0.3) is 5.91 Å². The van der Waals surface area contributed by atoms with Crippen molar-refractivity contribution >= 4 is 11.6 Å². The molecular formula is C14H14N4O. The van der Waals surface area contributed by atoms with E-state index in [4.69, 9.17) is 5.26 Å². The number of nitriles is 1. The van der Waals surface area contributed by atoms with E-state index >= 15 is 0 Å². The molecule has 96 valence electrons. The molecule has 2 aromatic rings. The number of rotatable bonds is 3. The summed E-state index contributed by atoms with van der Waals surface area (Å²) < 4.78 is 0. The first-order valence-electron chi connectivity index (χ1n) is 5.90. The SMILES string of the molecule is Cc1n[nH]c(C)c1C(=O)Nc1ccc(CC#N)cc1. The van der Waals surface area contributed by atoms with E-state index in [0.29, 0.717) is 23.4 Å². The van der Waals surface area contributed by atoms with Crippen molar-refractivity contribution < 1.29 is 4.79 Å². The molecule has 1 amide bonds. The molecule has 0 aliphatic heterocycles. The van der Waals surface area contributed by atoms with Crippen LogP contribution in [0.1, 0.15) is 27.3 Å². The highest BCUT2D eigenvalue weighted by molar-refractivity contribution is 6.05. The maximum Gasteiger partial charge on any atom is 0.259 e. The second-order valence-electron chi connectivity index (χ2n) is 4.29. The summed E-state index contributed by atoms with van der Waals surface area (Å²) in [5, 5.41) is 18.2. The highest BCUT2D eigenvalue weighted by Gasteiger charge is 2.15. The lowest BCUT2D eigenvalue weighted by Crippen LogP contribution is -2.13. The third kappa shape index (κ3) is 2.80. The van der Waals surface area contributed by atoms with E-state index in [1.165, 1.54) is 0 Å². The van der Waals surface area contributed by atoms with Crippen LogP contribution in [0.4, 0.5) is 5.69 Å². The third-order valence-corrected chi connectivity index (χ3v) is 2.85. The smallest absolute Gasteiger partial charge is 0.259 e. The fourth-order valence-electron chi connectivity index (χ4n) is 1.88. The van der Waals surface area contributed by atoms with Crippen molar-refractivity contribution in [2.75, 3.05) is 5.32 Å². The van der Waals surface area contributed by atoms with Gasteiger partial charge in [0, 0.05) is 11.4 Å². The number of H-pyrrole nitrogens is 1. The second-order valence-corrected chi connectivity index (χ2v) is 4.29. The Bertz CT molecular complexity index is 615. The predicted molar refractivity (Wildman–Crippen MR) is 71.8 cm³/mol. The number of aromatic amines is 1. The minimum absolute atomic E-state index is 0.184. The zero-order valence-electron chi connectivity index (χ0n) is 10.8. The standard InChI is InChI=1S/C14H14N4O/c1-9-13(10(2)18-17-9)14(19)16-12-5-3-11(4-6-12)7-8-15/h3-6H,7H2,1-2H3,(H,16,19)(H,17,18). The minimum Gasteiger partial charge on any atom is -0.322 e. The Kier molecular flexibility index (Phi) is 3.62. The molecule has 2 N–H and O–H groups in total. The van der Waals surface area contributed by atoms with Crippen LogP contribution in [0, 0.1) is 25.2 Å². The molecule has 0 aliphatic rings. The maximum absolute atomic E-state index is 12.1. The van der Waals surface area contributed by atoms with Crippen LogP contribution >= 0.6 is 0 Å². The van der Waals surface area contributed by atoms with Gasteiger partial charge >= 0.3 is 0 Å². The van der Waals surface area contributed by atoms with E-state index in [2.05, 4.69) is 21.6 Å². The number of aryl methyl sites for hydroxylation is 2. The number of nitrogens with one attached hydrogen (secondary N) is 2. The van der Waals surface area contributed by atoms with Gasteiger partial charge in [-0.05, 0) is 31.5 Å². The largest absolute Gasteiger partial charge is 0.322 e. The van der Waals surface area contributed by atoms with E-state index in [1.54, 1.807) is 19.1 Å². The average Bonchev–Trinajstić information content (AvgIpc) is 2.72. The molecule has 1 heterocycles. The molecule has 0 saturated carbocycles. The number of amides is 1. The van der Waals surface area contributed by atoms with E-state index in [0.717, 1.165) is 11.3 Å². The third-order valence-electron chi connectivity index (χ3n) is 2.85. The molecule has 5 heteroatoms. The molecule has 0 saturated heterocycles. The van der Waals surface area contributed by atoms with Gasteiger partial charge in [0.2, 0.25) is 0 Å². The molecule has 0 radical (unpaired) electrons. The lowest BCUT2D eigenvalue weighted by Gasteiger charge is -2.05. The average molecular weight is 254 g/mol. The molecule has 1 aromatic carbocycles. The molecule has 5 nitrogen and oxygen atoms in total. The van der Waals surface area contributed by atoms with Gasteiger partial charge < -0.3 is 5.32 Å². The molecule has 19 heavy (non-hydrogen) atoms. The highest BCUT2D eigenvalue weighted by atomic mass is 16.1. The Morgan fingerprint density at radius 2 is 2.05 bits per heavy atom. The van der Waals surface area contributed by atoms with Gasteiger partial charge in [-0.15, -0.1) is 0 Å². The summed E-state index contributed by atoms with van der Waals surface area (Å²) in [4.78, 5) is 12.1. The predicted octanol–water partition coefficient (Wildman–Crippen LogP) is 2.34. The van der Waals surface area contributed by atoms with Crippen molar-refractivity contribution in [2.24, 2.45) is 0 Å². The number of anilines is 1. The number of hydrogen-bond acceptors (Lipinski definition) is 3. The van der Waals surface area contributed by atoms with Crippen LogP contribution in [0.2, 0.25) is 0 Å².